The van der Waals surface area contributed by atoms with Gasteiger partial charge in [0, 0.05) is 36.0 Å². The highest BCUT2D eigenvalue weighted by molar-refractivity contribution is 8.13. The smallest absolute Gasteiger partial charge is 0.249 e. The van der Waals surface area contributed by atoms with Crippen LogP contribution in [0.1, 0.15) is 41.4 Å². The minimum Gasteiger partial charge on any atom is -0.480 e. The molecule has 1 aromatic carbocycles. The first kappa shape index (κ1) is 21.6. The van der Waals surface area contributed by atoms with Crippen LogP contribution in [0.15, 0.2) is 35.6 Å². The molecule has 2 aromatic rings. The molecular formula is C21H21F3N4O2S. The molecule has 2 aliphatic rings. The van der Waals surface area contributed by atoms with Gasteiger partial charge in [-0.25, -0.2) is 23.1 Å². The number of ketones is 1. The van der Waals surface area contributed by atoms with E-state index in [1.54, 1.807) is 6.92 Å². The number of ether oxygens (including phenoxy) is 1. The molecule has 4 rings (SSSR count). The van der Waals surface area contributed by atoms with E-state index < -0.39 is 22.7 Å². The Hall–Kier alpha value is -2.62. The summed E-state index contributed by atoms with van der Waals surface area (Å²) in [6.07, 6.45) is 1.82. The van der Waals surface area contributed by atoms with E-state index >= 15 is 0 Å². The molecule has 164 valence electrons. The highest BCUT2D eigenvalue weighted by Gasteiger charge is 2.66. The van der Waals surface area contributed by atoms with Gasteiger partial charge in [-0.15, -0.1) is 0 Å². The fourth-order valence-electron chi connectivity index (χ4n) is 4.35. The summed E-state index contributed by atoms with van der Waals surface area (Å²) >= 11 is 1.21. The van der Waals surface area contributed by atoms with Crippen molar-refractivity contribution in [1.82, 2.24) is 9.97 Å². The zero-order valence-corrected chi connectivity index (χ0v) is 17.8. The van der Waals surface area contributed by atoms with Crippen LogP contribution in [-0.2, 0) is 12.0 Å². The first-order valence-electron chi connectivity index (χ1n) is 9.62. The fraction of sp³-hybridized carbons (Fsp3) is 0.429. The van der Waals surface area contributed by atoms with Crippen LogP contribution in [0.3, 0.4) is 0 Å². The Balaban J connectivity index is 1.66. The van der Waals surface area contributed by atoms with Gasteiger partial charge in [0.15, 0.2) is 11.0 Å². The molecule has 10 heteroatoms. The lowest BCUT2D eigenvalue weighted by Gasteiger charge is -2.57. The van der Waals surface area contributed by atoms with Crippen molar-refractivity contribution in [2.24, 2.45) is 16.1 Å². The molecule has 0 amide bonds. The summed E-state index contributed by atoms with van der Waals surface area (Å²) in [6, 6.07) is 4.25. The van der Waals surface area contributed by atoms with Crippen molar-refractivity contribution in [3.05, 3.63) is 53.2 Å². The van der Waals surface area contributed by atoms with Crippen LogP contribution in [0.2, 0.25) is 0 Å². The van der Waals surface area contributed by atoms with E-state index in [-0.39, 0.29) is 47.4 Å². The van der Waals surface area contributed by atoms with Gasteiger partial charge in [-0.3, -0.25) is 9.79 Å². The molecule has 0 bridgehead atoms. The number of amidine groups is 1. The van der Waals surface area contributed by atoms with Gasteiger partial charge in [-0.1, -0.05) is 17.8 Å². The number of thioether (sulfide) groups is 1. The number of nitrogens with two attached hydrogens (primary N) is 1. The molecule has 0 unspecified atom stereocenters. The zero-order valence-electron chi connectivity index (χ0n) is 17.0. The van der Waals surface area contributed by atoms with Gasteiger partial charge in [0.05, 0.1) is 25.0 Å². The van der Waals surface area contributed by atoms with Crippen LogP contribution in [0, 0.1) is 11.2 Å². The normalized spacial score (nSPS) is 23.7. The zero-order chi connectivity index (χ0) is 22.4. The fourth-order valence-corrected chi connectivity index (χ4v) is 5.51. The number of nitrogens with zero attached hydrogens (tertiary/aromatic N) is 3. The van der Waals surface area contributed by atoms with E-state index in [4.69, 9.17) is 10.5 Å². The summed E-state index contributed by atoms with van der Waals surface area (Å²) in [5.41, 5.74) is 4.57. The number of carbonyl (C=O) groups excluding carboxylic acids is 1. The Morgan fingerprint density at radius 3 is 2.61 bits per heavy atom. The van der Waals surface area contributed by atoms with Crippen molar-refractivity contribution in [1.29, 1.82) is 0 Å². The number of benzene rings is 1. The number of aromatic nitrogens is 2. The topological polar surface area (TPSA) is 90.5 Å². The maximum Gasteiger partial charge on any atom is 0.249 e. The van der Waals surface area contributed by atoms with Crippen molar-refractivity contribution >= 4 is 22.7 Å². The molecule has 31 heavy (non-hydrogen) atoms. The molecule has 1 fully saturated rings. The monoisotopic (exact) mass is 450 g/mol. The minimum absolute atomic E-state index is 0.0541. The second kappa shape index (κ2) is 7.51. The van der Waals surface area contributed by atoms with E-state index in [1.807, 2.05) is 0 Å². The van der Waals surface area contributed by atoms with Crippen molar-refractivity contribution in [3.8, 4) is 5.88 Å². The van der Waals surface area contributed by atoms with Crippen LogP contribution in [0.5, 0.6) is 5.88 Å². The van der Waals surface area contributed by atoms with Gasteiger partial charge in [0.2, 0.25) is 11.8 Å². The third kappa shape index (κ3) is 3.77. The number of hydrogen-bond acceptors (Lipinski definition) is 7. The lowest BCUT2D eigenvalue weighted by atomic mass is 9.55. The van der Waals surface area contributed by atoms with Gasteiger partial charge in [0.25, 0.3) is 0 Å². The lowest BCUT2D eigenvalue weighted by Crippen LogP contribution is -2.60. The number of carbonyl (C=O) groups is 1. The Bertz CT molecular complexity index is 1050. The lowest BCUT2D eigenvalue weighted by molar-refractivity contribution is -0.178. The third-order valence-electron chi connectivity index (χ3n) is 6.10. The Morgan fingerprint density at radius 2 is 2.00 bits per heavy atom. The maximum absolute atomic E-state index is 14.9. The van der Waals surface area contributed by atoms with Gasteiger partial charge in [-0.2, -0.15) is 0 Å². The van der Waals surface area contributed by atoms with Crippen molar-refractivity contribution in [3.63, 3.8) is 0 Å². The second-order valence-corrected chi connectivity index (χ2v) is 9.15. The van der Waals surface area contributed by atoms with Crippen molar-refractivity contribution < 1.29 is 22.7 Å². The third-order valence-corrected chi connectivity index (χ3v) is 7.18. The standard InChI is InChI=1S/C21H21F3N4O2S/c1-19(20(9-21(23,24)10-20)11-31-18(25)28-19)13-5-12(3-4-14(13)22)6-16(29)15-7-27-17(30-2)8-26-15/h3-5,7-8H,6,9-11H2,1-2H3,(H2,25,28)/t19-/m1/s1. The van der Waals surface area contributed by atoms with Crippen molar-refractivity contribution in [2.45, 2.75) is 37.6 Å². The molecule has 6 nitrogen and oxygen atoms in total. The average Bonchev–Trinajstić information content (AvgIpc) is 2.71. The van der Waals surface area contributed by atoms with E-state index in [0.717, 1.165) is 0 Å². The molecule has 1 aliphatic heterocycles. The summed E-state index contributed by atoms with van der Waals surface area (Å²) in [4.78, 5) is 25.0. The first-order chi connectivity index (χ1) is 14.6. The average molecular weight is 450 g/mol. The van der Waals surface area contributed by atoms with Crippen LogP contribution in [0.4, 0.5) is 13.2 Å². The highest BCUT2D eigenvalue weighted by Crippen LogP contribution is 2.64. The predicted octanol–water partition coefficient (Wildman–Crippen LogP) is 3.74. The number of rotatable bonds is 5. The summed E-state index contributed by atoms with van der Waals surface area (Å²) in [5, 5.41) is 0.234. The summed E-state index contributed by atoms with van der Waals surface area (Å²) in [5.74, 6) is -3.08. The second-order valence-electron chi connectivity index (χ2n) is 8.16. The van der Waals surface area contributed by atoms with E-state index in [1.165, 1.54) is 49.5 Å². The summed E-state index contributed by atoms with van der Waals surface area (Å²) < 4.78 is 47.6. The number of aliphatic imine (C=N–C) groups is 1. The molecule has 1 saturated carbocycles. The molecule has 2 N–H and O–H groups in total. The molecule has 0 radical (unpaired) electrons. The van der Waals surface area contributed by atoms with E-state index in [0.29, 0.717) is 11.3 Å². The van der Waals surface area contributed by atoms with E-state index in [9.17, 15) is 18.0 Å². The number of Topliss-reactive ketones (excluding diaryl/α,β-unsaturated/α-hetero) is 1. The Labute approximate surface area is 181 Å². The number of hydrogen-bond donors (Lipinski definition) is 1. The number of methoxy groups -OCH3 is 1. The predicted molar refractivity (Wildman–Crippen MR) is 111 cm³/mol. The van der Waals surface area contributed by atoms with Crippen LogP contribution in [0.25, 0.3) is 0 Å². The highest BCUT2D eigenvalue weighted by atomic mass is 32.2. The molecule has 1 spiro atoms. The molecule has 1 atom stereocenters. The molecular weight excluding hydrogens is 429 g/mol. The molecule has 2 heterocycles. The summed E-state index contributed by atoms with van der Waals surface area (Å²) in [7, 11) is 1.44. The largest absolute Gasteiger partial charge is 0.480 e. The van der Waals surface area contributed by atoms with Gasteiger partial charge in [0.1, 0.15) is 11.5 Å². The number of halogens is 3. The molecule has 1 aromatic heterocycles. The van der Waals surface area contributed by atoms with Gasteiger partial charge < -0.3 is 10.5 Å². The first-order valence-corrected chi connectivity index (χ1v) is 10.6. The van der Waals surface area contributed by atoms with Crippen molar-refractivity contribution in [2.75, 3.05) is 12.9 Å². The maximum atomic E-state index is 14.9. The van der Waals surface area contributed by atoms with Gasteiger partial charge >= 0.3 is 0 Å². The van der Waals surface area contributed by atoms with Crippen LogP contribution in [-0.4, -0.2) is 39.7 Å². The van der Waals surface area contributed by atoms with Crippen LogP contribution < -0.4 is 10.5 Å². The summed E-state index contributed by atoms with van der Waals surface area (Å²) in [6.45, 7) is 1.65. The SMILES string of the molecule is COc1cnc(C(=O)Cc2ccc(F)c([C@@]3(C)N=C(N)SCC34CC(F)(F)C4)c2)cn1. The van der Waals surface area contributed by atoms with E-state index in [2.05, 4.69) is 15.0 Å². The van der Waals surface area contributed by atoms with Gasteiger partial charge in [-0.05, 0) is 24.6 Å². The Kier molecular flexibility index (Phi) is 5.23. The van der Waals surface area contributed by atoms with Crippen LogP contribution >= 0.6 is 11.8 Å². The quantitative estimate of drug-likeness (QED) is 0.698. The molecule has 1 aliphatic carbocycles. The Morgan fingerprint density at radius 1 is 1.26 bits per heavy atom. The number of alkyl halides is 2. The molecule has 0 saturated heterocycles. The minimum atomic E-state index is -2.81.